The van der Waals surface area contributed by atoms with Gasteiger partial charge in [-0.3, -0.25) is 9.89 Å². The fourth-order valence-corrected chi connectivity index (χ4v) is 3.60. The molecular formula is C22H31IN4O3. The molecule has 164 valence electrons. The number of methoxy groups -OCH3 is 3. The Bertz CT molecular complexity index is 824. The van der Waals surface area contributed by atoms with Crippen LogP contribution in [0.4, 0.5) is 5.69 Å². The molecule has 1 saturated heterocycles. The Labute approximate surface area is 195 Å². The number of hydrogen-bond acceptors (Lipinski definition) is 5. The van der Waals surface area contributed by atoms with E-state index in [0.29, 0.717) is 24.0 Å². The number of aliphatic imine (C=N–C) groups is 1. The molecule has 7 nitrogen and oxygen atoms in total. The average molecular weight is 526 g/mol. The number of nitrogens with one attached hydrogen (secondary N) is 1. The lowest BCUT2D eigenvalue weighted by Gasteiger charge is -2.27. The summed E-state index contributed by atoms with van der Waals surface area (Å²) in [4.78, 5) is 7.09. The minimum atomic E-state index is 0. The van der Waals surface area contributed by atoms with Gasteiger partial charge < -0.3 is 25.3 Å². The van der Waals surface area contributed by atoms with Gasteiger partial charge in [-0.2, -0.15) is 0 Å². The van der Waals surface area contributed by atoms with Crippen molar-refractivity contribution in [2.45, 2.75) is 18.9 Å². The summed E-state index contributed by atoms with van der Waals surface area (Å²) in [5.41, 5.74) is 8.18. The SMILES string of the molecule is COc1ccc(C(CN=C(N)Nc2ccc(OC)c(OC)c2)N2CCCC2)cc1.I. The second kappa shape index (κ2) is 11.8. The van der Waals surface area contributed by atoms with E-state index in [2.05, 4.69) is 27.3 Å². The highest BCUT2D eigenvalue weighted by Crippen LogP contribution is 2.30. The third kappa shape index (κ3) is 6.15. The summed E-state index contributed by atoms with van der Waals surface area (Å²) in [6.45, 7) is 2.74. The molecule has 0 aromatic heterocycles. The lowest BCUT2D eigenvalue weighted by molar-refractivity contribution is 0.251. The normalized spacial score (nSPS) is 15.2. The molecule has 8 heteroatoms. The van der Waals surface area contributed by atoms with E-state index in [0.717, 1.165) is 24.5 Å². The van der Waals surface area contributed by atoms with Gasteiger partial charge in [0.1, 0.15) is 5.75 Å². The van der Waals surface area contributed by atoms with Crippen LogP contribution >= 0.6 is 24.0 Å². The van der Waals surface area contributed by atoms with E-state index in [-0.39, 0.29) is 30.0 Å². The van der Waals surface area contributed by atoms with E-state index < -0.39 is 0 Å². The molecule has 1 fully saturated rings. The Morgan fingerprint density at radius 3 is 2.27 bits per heavy atom. The van der Waals surface area contributed by atoms with E-state index in [1.165, 1.54) is 18.4 Å². The van der Waals surface area contributed by atoms with Crippen LogP contribution in [-0.2, 0) is 0 Å². The van der Waals surface area contributed by atoms with E-state index >= 15 is 0 Å². The van der Waals surface area contributed by atoms with Crippen molar-refractivity contribution in [1.29, 1.82) is 0 Å². The molecule has 30 heavy (non-hydrogen) atoms. The summed E-state index contributed by atoms with van der Waals surface area (Å²) < 4.78 is 15.9. The monoisotopic (exact) mass is 526 g/mol. The van der Waals surface area contributed by atoms with Crippen molar-refractivity contribution in [3.05, 3.63) is 48.0 Å². The fraction of sp³-hybridized carbons (Fsp3) is 0.409. The Kier molecular flexibility index (Phi) is 9.51. The smallest absolute Gasteiger partial charge is 0.193 e. The van der Waals surface area contributed by atoms with E-state index in [9.17, 15) is 0 Å². The number of guanidine groups is 1. The summed E-state index contributed by atoms with van der Waals surface area (Å²) in [5.74, 6) is 2.53. The lowest BCUT2D eigenvalue weighted by Crippen LogP contribution is -2.30. The van der Waals surface area contributed by atoms with Crippen LogP contribution in [0.2, 0.25) is 0 Å². The zero-order valence-corrected chi connectivity index (χ0v) is 20.1. The van der Waals surface area contributed by atoms with Gasteiger partial charge in [-0.15, -0.1) is 24.0 Å². The second-order valence-electron chi connectivity index (χ2n) is 6.95. The van der Waals surface area contributed by atoms with Gasteiger partial charge in [0.15, 0.2) is 17.5 Å². The summed E-state index contributed by atoms with van der Waals surface area (Å²) >= 11 is 0. The van der Waals surface area contributed by atoms with Gasteiger partial charge in [0.2, 0.25) is 0 Å². The molecule has 1 aliphatic rings. The highest BCUT2D eigenvalue weighted by Gasteiger charge is 2.23. The Morgan fingerprint density at radius 1 is 1.00 bits per heavy atom. The minimum Gasteiger partial charge on any atom is -0.497 e. The van der Waals surface area contributed by atoms with Crippen LogP contribution in [-0.4, -0.2) is 51.8 Å². The number of likely N-dealkylation sites (tertiary alicyclic amines) is 1. The lowest BCUT2D eigenvalue weighted by atomic mass is 10.1. The molecule has 0 bridgehead atoms. The van der Waals surface area contributed by atoms with Crippen molar-refractivity contribution in [2.75, 3.05) is 46.3 Å². The number of hydrogen-bond donors (Lipinski definition) is 2. The second-order valence-corrected chi connectivity index (χ2v) is 6.95. The number of ether oxygens (including phenoxy) is 3. The Hall–Kier alpha value is -2.20. The van der Waals surface area contributed by atoms with Crippen molar-refractivity contribution in [3.8, 4) is 17.2 Å². The van der Waals surface area contributed by atoms with Crippen molar-refractivity contribution in [2.24, 2.45) is 10.7 Å². The molecule has 1 atom stereocenters. The molecule has 2 aromatic carbocycles. The molecule has 0 aliphatic carbocycles. The third-order valence-corrected chi connectivity index (χ3v) is 5.17. The standard InChI is InChI=1S/C22H30N4O3.HI/c1-27-18-9-6-16(7-10-18)19(26-12-4-5-13-26)15-24-22(23)25-17-8-11-20(28-2)21(14-17)29-3;/h6-11,14,19H,4-5,12-13,15H2,1-3H3,(H3,23,24,25);1H. The molecule has 0 saturated carbocycles. The van der Waals surface area contributed by atoms with E-state index in [4.69, 9.17) is 19.9 Å². The maximum Gasteiger partial charge on any atom is 0.193 e. The first kappa shape index (κ1) is 24.1. The van der Waals surface area contributed by atoms with Gasteiger partial charge in [0.05, 0.1) is 33.9 Å². The maximum absolute atomic E-state index is 6.17. The molecule has 0 radical (unpaired) electrons. The maximum atomic E-state index is 6.17. The molecule has 2 aromatic rings. The largest absolute Gasteiger partial charge is 0.497 e. The molecular weight excluding hydrogens is 495 g/mol. The van der Waals surface area contributed by atoms with Crippen molar-refractivity contribution in [1.82, 2.24) is 4.90 Å². The van der Waals surface area contributed by atoms with Crippen LogP contribution in [0.3, 0.4) is 0 Å². The minimum absolute atomic E-state index is 0. The third-order valence-electron chi connectivity index (χ3n) is 5.17. The first-order chi connectivity index (χ1) is 14.1. The predicted octanol–water partition coefficient (Wildman–Crippen LogP) is 3.89. The zero-order valence-electron chi connectivity index (χ0n) is 17.8. The van der Waals surface area contributed by atoms with Gasteiger partial charge in [0.25, 0.3) is 0 Å². The zero-order chi connectivity index (χ0) is 20.6. The first-order valence-corrected chi connectivity index (χ1v) is 9.81. The molecule has 1 heterocycles. The van der Waals surface area contributed by atoms with Crippen LogP contribution in [0.15, 0.2) is 47.5 Å². The molecule has 1 aliphatic heterocycles. The Balaban J connectivity index is 0.00000320. The van der Waals surface area contributed by atoms with Gasteiger partial charge in [-0.05, 0) is 55.8 Å². The average Bonchev–Trinajstić information content (AvgIpc) is 3.28. The van der Waals surface area contributed by atoms with Crippen LogP contribution in [0.1, 0.15) is 24.4 Å². The quantitative estimate of drug-likeness (QED) is 0.309. The van der Waals surface area contributed by atoms with E-state index in [1.54, 1.807) is 21.3 Å². The van der Waals surface area contributed by atoms with Crippen LogP contribution in [0.25, 0.3) is 0 Å². The summed E-state index contributed by atoms with van der Waals surface area (Å²) in [6, 6.07) is 13.9. The summed E-state index contributed by atoms with van der Waals surface area (Å²) in [5, 5.41) is 3.14. The summed E-state index contributed by atoms with van der Waals surface area (Å²) in [7, 11) is 4.89. The highest BCUT2D eigenvalue weighted by molar-refractivity contribution is 14.0. The number of nitrogens with zero attached hydrogens (tertiary/aromatic N) is 2. The van der Waals surface area contributed by atoms with Crippen LogP contribution in [0.5, 0.6) is 17.2 Å². The topological polar surface area (TPSA) is 81.3 Å². The van der Waals surface area contributed by atoms with E-state index in [1.807, 2.05) is 30.3 Å². The Morgan fingerprint density at radius 2 is 1.67 bits per heavy atom. The number of halogens is 1. The molecule has 0 amide bonds. The predicted molar refractivity (Wildman–Crippen MR) is 132 cm³/mol. The molecule has 3 rings (SSSR count). The van der Waals surface area contributed by atoms with Crippen LogP contribution < -0.4 is 25.3 Å². The fourth-order valence-electron chi connectivity index (χ4n) is 3.60. The number of anilines is 1. The van der Waals surface area contributed by atoms with Crippen LogP contribution in [0, 0.1) is 0 Å². The molecule has 0 spiro atoms. The van der Waals surface area contributed by atoms with Crippen molar-refractivity contribution >= 4 is 35.6 Å². The number of nitrogens with two attached hydrogens (primary N) is 1. The number of rotatable bonds is 8. The van der Waals surface area contributed by atoms with Crippen molar-refractivity contribution in [3.63, 3.8) is 0 Å². The van der Waals surface area contributed by atoms with Crippen molar-refractivity contribution < 1.29 is 14.2 Å². The van der Waals surface area contributed by atoms with Gasteiger partial charge in [-0.25, -0.2) is 0 Å². The number of benzene rings is 2. The van der Waals surface area contributed by atoms with Gasteiger partial charge in [-0.1, -0.05) is 12.1 Å². The first-order valence-electron chi connectivity index (χ1n) is 9.81. The van der Waals surface area contributed by atoms with Gasteiger partial charge in [0, 0.05) is 11.8 Å². The summed E-state index contributed by atoms with van der Waals surface area (Å²) in [6.07, 6.45) is 2.44. The molecule has 3 N–H and O–H groups in total. The van der Waals surface area contributed by atoms with Gasteiger partial charge >= 0.3 is 0 Å². The molecule has 1 unspecified atom stereocenters. The highest BCUT2D eigenvalue weighted by atomic mass is 127.